The first-order valence-corrected chi connectivity index (χ1v) is 6.30. The molecule has 1 N–H and O–H groups in total. The second-order valence-corrected chi connectivity index (χ2v) is 6.27. The van der Waals surface area contributed by atoms with Crippen LogP contribution >= 0.6 is 0 Å². The summed E-state index contributed by atoms with van der Waals surface area (Å²) >= 11 is 0. The molecule has 1 aliphatic rings. The number of carbonyl (C=O) groups excluding carboxylic acids is 1. The van der Waals surface area contributed by atoms with Crippen LogP contribution in [-0.2, 0) is 4.74 Å². The molecule has 1 aliphatic carbocycles. The molecule has 17 heavy (non-hydrogen) atoms. The molecule has 1 saturated carbocycles. The Morgan fingerprint density at radius 3 is 2.53 bits per heavy atom. The van der Waals surface area contributed by atoms with E-state index in [2.05, 4.69) is 5.32 Å². The molecule has 0 radical (unpaired) electrons. The van der Waals surface area contributed by atoms with Gasteiger partial charge >= 0.3 is 6.09 Å². The Bertz CT molecular complexity index is 284. The van der Waals surface area contributed by atoms with Crippen LogP contribution in [0.25, 0.3) is 0 Å². The lowest BCUT2D eigenvalue weighted by Crippen LogP contribution is -2.55. The van der Waals surface area contributed by atoms with Crippen LogP contribution in [0.4, 0.5) is 9.18 Å². The lowest BCUT2D eigenvalue weighted by molar-refractivity contribution is 0.0195. The van der Waals surface area contributed by atoms with E-state index in [1.807, 2.05) is 6.92 Å². The average molecular weight is 245 g/mol. The largest absolute Gasteiger partial charge is 0.444 e. The van der Waals surface area contributed by atoms with E-state index < -0.39 is 23.4 Å². The SMILES string of the molecule is CC1CCCC(C)(F)C1NC(=O)OC(C)(C)C. The second-order valence-electron chi connectivity index (χ2n) is 6.27. The quantitative estimate of drug-likeness (QED) is 0.768. The molecule has 0 heterocycles. The maximum atomic E-state index is 14.3. The third-order valence-electron chi connectivity index (χ3n) is 3.21. The molecule has 0 saturated heterocycles. The van der Waals surface area contributed by atoms with Crippen molar-refractivity contribution in [3.8, 4) is 0 Å². The summed E-state index contributed by atoms with van der Waals surface area (Å²) in [7, 11) is 0. The van der Waals surface area contributed by atoms with Gasteiger partial charge < -0.3 is 10.1 Å². The molecule has 1 fully saturated rings. The van der Waals surface area contributed by atoms with Gasteiger partial charge in [0.05, 0.1) is 6.04 Å². The highest BCUT2D eigenvalue weighted by Gasteiger charge is 2.42. The van der Waals surface area contributed by atoms with Gasteiger partial charge in [-0.2, -0.15) is 0 Å². The van der Waals surface area contributed by atoms with Crippen LogP contribution in [0.5, 0.6) is 0 Å². The number of alkyl halides is 1. The molecule has 0 spiro atoms. The van der Waals surface area contributed by atoms with Gasteiger partial charge in [0.1, 0.15) is 11.3 Å². The van der Waals surface area contributed by atoms with Crippen LogP contribution in [-0.4, -0.2) is 23.4 Å². The number of amides is 1. The number of halogens is 1. The third kappa shape index (κ3) is 4.17. The minimum Gasteiger partial charge on any atom is -0.444 e. The van der Waals surface area contributed by atoms with Gasteiger partial charge in [0.25, 0.3) is 0 Å². The van der Waals surface area contributed by atoms with E-state index in [0.29, 0.717) is 6.42 Å². The average Bonchev–Trinajstić information content (AvgIpc) is 2.08. The van der Waals surface area contributed by atoms with Crippen molar-refractivity contribution in [3.05, 3.63) is 0 Å². The fourth-order valence-electron chi connectivity index (χ4n) is 2.41. The first kappa shape index (κ1) is 14.3. The summed E-state index contributed by atoms with van der Waals surface area (Å²) in [5, 5.41) is 2.68. The summed E-state index contributed by atoms with van der Waals surface area (Å²) in [4.78, 5) is 11.7. The standard InChI is InChI=1S/C13H24FNO2/c1-9-7-6-8-13(5,14)10(9)15-11(16)17-12(2,3)4/h9-10H,6-8H2,1-5H3,(H,15,16). The Balaban J connectivity index is 2.62. The molecule has 3 unspecified atom stereocenters. The van der Waals surface area contributed by atoms with Gasteiger partial charge in [-0.25, -0.2) is 9.18 Å². The highest BCUT2D eigenvalue weighted by molar-refractivity contribution is 5.68. The van der Waals surface area contributed by atoms with Crippen molar-refractivity contribution in [1.29, 1.82) is 0 Å². The molecule has 0 bridgehead atoms. The number of alkyl carbamates (subject to hydrolysis) is 1. The first-order chi connectivity index (χ1) is 7.62. The lowest BCUT2D eigenvalue weighted by atomic mass is 9.76. The lowest BCUT2D eigenvalue weighted by Gasteiger charge is -2.39. The van der Waals surface area contributed by atoms with Crippen LogP contribution in [0.15, 0.2) is 0 Å². The van der Waals surface area contributed by atoms with Gasteiger partial charge in [-0.05, 0) is 52.9 Å². The van der Waals surface area contributed by atoms with Crippen LogP contribution in [0.3, 0.4) is 0 Å². The van der Waals surface area contributed by atoms with Crippen molar-refractivity contribution in [3.63, 3.8) is 0 Å². The van der Waals surface area contributed by atoms with E-state index in [0.717, 1.165) is 12.8 Å². The van der Waals surface area contributed by atoms with E-state index in [-0.39, 0.29) is 5.92 Å². The molecule has 1 rings (SSSR count). The number of carbonyl (C=O) groups is 1. The van der Waals surface area contributed by atoms with Crippen LogP contribution in [0.1, 0.15) is 53.9 Å². The maximum Gasteiger partial charge on any atom is 0.407 e. The molecular weight excluding hydrogens is 221 g/mol. The van der Waals surface area contributed by atoms with Crippen LogP contribution < -0.4 is 5.32 Å². The van der Waals surface area contributed by atoms with E-state index in [1.165, 1.54) is 0 Å². The van der Waals surface area contributed by atoms with Gasteiger partial charge in [-0.1, -0.05) is 6.92 Å². The summed E-state index contributed by atoms with van der Waals surface area (Å²) in [5.74, 6) is 0.145. The van der Waals surface area contributed by atoms with Crippen molar-refractivity contribution in [1.82, 2.24) is 5.32 Å². The Morgan fingerprint density at radius 1 is 1.47 bits per heavy atom. The molecular formula is C13H24FNO2. The highest BCUT2D eigenvalue weighted by Crippen LogP contribution is 2.35. The normalized spacial score (nSPS) is 34.2. The fraction of sp³-hybridized carbons (Fsp3) is 0.923. The molecule has 3 atom stereocenters. The minimum absolute atomic E-state index is 0.145. The van der Waals surface area contributed by atoms with Crippen LogP contribution in [0, 0.1) is 5.92 Å². The zero-order valence-electron chi connectivity index (χ0n) is 11.5. The van der Waals surface area contributed by atoms with E-state index in [1.54, 1.807) is 27.7 Å². The molecule has 4 heteroatoms. The molecule has 0 aromatic heterocycles. The van der Waals surface area contributed by atoms with Gasteiger partial charge in [-0.3, -0.25) is 0 Å². The number of hydrogen-bond acceptors (Lipinski definition) is 2. The van der Waals surface area contributed by atoms with Gasteiger partial charge in [-0.15, -0.1) is 0 Å². The fourth-order valence-corrected chi connectivity index (χ4v) is 2.41. The predicted octanol–water partition coefficient (Wildman–Crippen LogP) is 3.43. The van der Waals surface area contributed by atoms with Gasteiger partial charge in [0, 0.05) is 0 Å². The summed E-state index contributed by atoms with van der Waals surface area (Å²) in [6.07, 6.45) is 1.79. The van der Waals surface area contributed by atoms with Gasteiger partial charge in [0.2, 0.25) is 0 Å². The predicted molar refractivity (Wildman–Crippen MR) is 65.7 cm³/mol. The summed E-state index contributed by atoms with van der Waals surface area (Å²) in [6, 6.07) is -0.453. The highest BCUT2D eigenvalue weighted by atomic mass is 19.1. The summed E-state index contributed by atoms with van der Waals surface area (Å²) in [5.41, 5.74) is -1.89. The molecule has 0 aromatic rings. The topological polar surface area (TPSA) is 38.3 Å². The Hall–Kier alpha value is -0.800. The molecule has 3 nitrogen and oxygen atoms in total. The Kier molecular flexibility index (Phi) is 4.05. The summed E-state index contributed by atoms with van der Waals surface area (Å²) in [6.45, 7) is 8.92. The first-order valence-electron chi connectivity index (χ1n) is 6.30. The van der Waals surface area contributed by atoms with Gasteiger partial charge in [0.15, 0.2) is 0 Å². The smallest absolute Gasteiger partial charge is 0.407 e. The van der Waals surface area contributed by atoms with Crippen molar-refractivity contribution >= 4 is 6.09 Å². The Labute approximate surface area is 103 Å². The van der Waals surface area contributed by atoms with Crippen LogP contribution in [0.2, 0.25) is 0 Å². The van der Waals surface area contributed by atoms with E-state index >= 15 is 0 Å². The second kappa shape index (κ2) is 4.83. The number of hydrogen-bond donors (Lipinski definition) is 1. The zero-order valence-corrected chi connectivity index (χ0v) is 11.5. The number of ether oxygens (including phenoxy) is 1. The molecule has 100 valence electrons. The van der Waals surface area contributed by atoms with Crippen molar-refractivity contribution < 1.29 is 13.9 Å². The monoisotopic (exact) mass is 245 g/mol. The molecule has 0 aromatic carbocycles. The summed E-state index contributed by atoms with van der Waals surface area (Å²) < 4.78 is 19.5. The molecule has 1 amide bonds. The Morgan fingerprint density at radius 2 is 2.06 bits per heavy atom. The number of rotatable bonds is 1. The van der Waals surface area contributed by atoms with Crippen molar-refractivity contribution in [2.24, 2.45) is 5.92 Å². The van der Waals surface area contributed by atoms with E-state index in [4.69, 9.17) is 4.74 Å². The molecule has 0 aliphatic heterocycles. The third-order valence-corrected chi connectivity index (χ3v) is 3.21. The van der Waals surface area contributed by atoms with Crippen molar-refractivity contribution in [2.45, 2.75) is 71.2 Å². The zero-order chi connectivity index (χ0) is 13.3. The maximum absolute atomic E-state index is 14.3. The minimum atomic E-state index is -1.34. The van der Waals surface area contributed by atoms with Crippen molar-refractivity contribution in [2.75, 3.05) is 0 Å². The van der Waals surface area contributed by atoms with E-state index in [9.17, 15) is 9.18 Å². The number of nitrogens with one attached hydrogen (secondary N) is 1.